The summed E-state index contributed by atoms with van der Waals surface area (Å²) in [6, 6.07) is -0.873. The summed E-state index contributed by atoms with van der Waals surface area (Å²) in [6.45, 7) is 12.1. The summed E-state index contributed by atoms with van der Waals surface area (Å²) in [5.74, 6) is 0.533. The number of allylic oxidation sites excluding steroid dienone is 8. The molecule has 55 heavy (non-hydrogen) atoms. The number of carbonyl (C=O) groups excluding carboxylic acids is 3. The topological polar surface area (TPSA) is 87.7 Å². The van der Waals surface area contributed by atoms with Gasteiger partial charge in [-0.05, 0) is 88.9 Å². The van der Waals surface area contributed by atoms with Crippen LogP contribution in [0.4, 0.5) is 0 Å². The molecule has 0 aliphatic carbocycles. The average molecular weight is 768 g/mol. The molecule has 0 saturated carbocycles. The van der Waals surface area contributed by atoms with E-state index in [0.29, 0.717) is 37.8 Å². The monoisotopic (exact) mass is 768 g/mol. The van der Waals surface area contributed by atoms with E-state index in [4.69, 9.17) is 4.74 Å². The molecule has 0 aromatic heterocycles. The van der Waals surface area contributed by atoms with Crippen LogP contribution in [-0.4, -0.2) is 61.5 Å². The van der Waals surface area contributed by atoms with Gasteiger partial charge >= 0.3 is 5.97 Å². The van der Waals surface area contributed by atoms with Gasteiger partial charge in [0.2, 0.25) is 11.8 Å². The Bertz CT molecular complexity index is 1060. The lowest BCUT2D eigenvalue weighted by Crippen LogP contribution is -2.49. The number of amides is 2. The number of esters is 1. The van der Waals surface area contributed by atoms with Crippen molar-refractivity contribution in [1.82, 2.24) is 15.5 Å². The van der Waals surface area contributed by atoms with Crippen molar-refractivity contribution in [3.05, 3.63) is 48.6 Å². The van der Waals surface area contributed by atoms with Crippen molar-refractivity contribution in [3.63, 3.8) is 0 Å². The Balaban J connectivity index is 2.29. The highest BCUT2D eigenvalue weighted by Crippen LogP contribution is 2.22. The molecule has 316 valence electrons. The van der Waals surface area contributed by atoms with E-state index >= 15 is 0 Å². The fourth-order valence-corrected chi connectivity index (χ4v) is 6.92. The van der Waals surface area contributed by atoms with Crippen LogP contribution in [0.2, 0.25) is 0 Å². The number of likely N-dealkylation sites (tertiary alicyclic amines) is 1. The van der Waals surface area contributed by atoms with Gasteiger partial charge in [0.25, 0.3) is 0 Å². The van der Waals surface area contributed by atoms with Gasteiger partial charge in [0, 0.05) is 39.0 Å². The molecule has 1 rings (SSSR count). The molecule has 1 fully saturated rings. The van der Waals surface area contributed by atoms with Crippen molar-refractivity contribution in [2.75, 3.05) is 32.8 Å². The summed E-state index contributed by atoms with van der Waals surface area (Å²) < 4.78 is 5.61. The lowest BCUT2D eigenvalue weighted by molar-refractivity contribution is -0.148. The van der Waals surface area contributed by atoms with Crippen LogP contribution < -0.4 is 10.6 Å². The van der Waals surface area contributed by atoms with Gasteiger partial charge in [-0.3, -0.25) is 9.59 Å². The van der Waals surface area contributed by atoms with Crippen LogP contribution in [0.15, 0.2) is 48.6 Å². The Labute approximate surface area is 339 Å². The van der Waals surface area contributed by atoms with Crippen LogP contribution in [0, 0.1) is 11.8 Å². The molecular weight excluding hydrogens is 683 g/mol. The van der Waals surface area contributed by atoms with Gasteiger partial charge in [0.05, 0.1) is 6.61 Å². The second-order valence-corrected chi connectivity index (χ2v) is 16.1. The molecule has 1 aliphatic rings. The predicted molar refractivity (Wildman–Crippen MR) is 234 cm³/mol. The van der Waals surface area contributed by atoms with Crippen molar-refractivity contribution in [2.45, 2.75) is 194 Å². The highest BCUT2D eigenvalue weighted by atomic mass is 16.5. The summed E-state index contributed by atoms with van der Waals surface area (Å²) in [7, 11) is 0. The number of unbranched alkanes of at least 4 members (excludes halogenated alkanes) is 17. The van der Waals surface area contributed by atoms with Crippen LogP contribution in [0.5, 0.6) is 0 Å². The van der Waals surface area contributed by atoms with E-state index in [1.807, 2.05) is 0 Å². The zero-order valence-corrected chi connectivity index (χ0v) is 36.1. The normalized spacial score (nSPS) is 16.9. The number of nitrogens with zero attached hydrogens (tertiary/aromatic N) is 1. The van der Waals surface area contributed by atoms with Gasteiger partial charge in [-0.15, -0.1) is 0 Å². The number of hydrogen-bond donors (Lipinski definition) is 2. The fraction of sp³-hybridized carbons (Fsp3) is 0.771. The van der Waals surface area contributed by atoms with Crippen molar-refractivity contribution >= 4 is 17.8 Å². The maximum atomic E-state index is 13.1. The highest BCUT2D eigenvalue weighted by molar-refractivity contribution is 5.85. The molecule has 0 bridgehead atoms. The van der Waals surface area contributed by atoms with Crippen LogP contribution in [0.25, 0.3) is 0 Å². The largest absolute Gasteiger partial charge is 0.464 e. The SMILES string of the molecule is CCCCC/C=C\C/C=C\CCCCCCCCOC(=O)C(CNC(=O)CCCCCCC/C=C\C/C=C\CCCCC)NC(=O)CCN1C[C@@H](C)[C@@H](C)C1. The molecule has 2 N–H and O–H groups in total. The molecular formula is C48H85N3O4. The Kier molecular flexibility index (Phi) is 33.8. The lowest BCUT2D eigenvalue weighted by atomic mass is 10.0. The van der Waals surface area contributed by atoms with Crippen molar-refractivity contribution in [2.24, 2.45) is 11.8 Å². The molecule has 7 heteroatoms. The highest BCUT2D eigenvalue weighted by Gasteiger charge is 2.27. The van der Waals surface area contributed by atoms with Gasteiger partial charge in [-0.2, -0.15) is 0 Å². The molecule has 0 aromatic carbocycles. The van der Waals surface area contributed by atoms with Gasteiger partial charge in [-0.1, -0.05) is 147 Å². The van der Waals surface area contributed by atoms with Crippen molar-refractivity contribution < 1.29 is 19.1 Å². The summed E-state index contributed by atoms with van der Waals surface area (Å²) in [6.07, 6.45) is 45.4. The van der Waals surface area contributed by atoms with Crippen LogP contribution in [-0.2, 0) is 19.1 Å². The first-order chi connectivity index (χ1) is 26.9. The minimum atomic E-state index is -0.873. The van der Waals surface area contributed by atoms with Crippen LogP contribution >= 0.6 is 0 Å². The summed E-state index contributed by atoms with van der Waals surface area (Å²) in [5, 5.41) is 5.77. The summed E-state index contributed by atoms with van der Waals surface area (Å²) in [4.78, 5) is 41.0. The maximum Gasteiger partial charge on any atom is 0.330 e. The van der Waals surface area contributed by atoms with E-state index in [2.05, 4.69) is 91.8 Å². The lowest BCUT2D eigenvalue weighted by Gasteiger charge is -2.20. The molecule has 0 aromatic rings. The molecule has 0 radical (unpaired) electrons. The Morgan fingerprint density at radius 2 is 1.04 bits per heavy atom. The van der Waals surface area contributed by atoms with E-state index in [-0.39, 0.29) is 18.4 Å². The first-order valence-electron chi connectivity index (χ1n) is 22.9. The second kappa shape index (κ2) is 36.9. The molecule has 7 nitrogen and oxygen atoms in total. The number of carbonyl (C=O) groups is 3. The molecule has 1 heterocycles. The quantitative estimate of drug-likeness (QED) is 0.0377. The van der Waals surface area contributed by atoms with Crippen LogP contribution in [0.1, 0.15) is 188 Å². The maximum absolute atomic E-state index is 13.1. The Morgan fingerprint density at radius 1 is 0.582 bits per heavy atom. The van der Waals surface area contributed by atoms with Gasteiger partial charge in [-0.25, -0.2) is 4.79 Å². The molecule has 3 atom stereocenters. The van der Waals surface area contributed by atoms with Gasteiger partial charge in [0.15, 0.2) is 0 Å². The average Bonchev–Trinajstić information content (AvgIpc) is 3.51. The Hall–Kier alpha value is -2.67. The summed E-state index contributed by atoms with van der Waals surface area (Å²) >= 11 is 0. The second-order valence-electron chi connectivity index (χ2n) is 16.1. The smallest absolute Gasteiger partial charge is 0.330 e. The first kappa shape index (κ1) is 50.3. The Morgan fingerprint density at radius 3 is 1.55 bits per heavy atom. The third-order valence-electron chi connectivity index (χ3n) is 10.8. The zero-order chi connectivity index (χ0) is 40.0. The number of rotatable bonds is 36. The molecule has 1 unspecified atom stereocenters. The number of nitrogens with one attached hydrogen (secondary N) is 2. The standard InChI is InChI=1S/C48H85N3O4/c1-5-7-9-11-13-15-17-19-21-23-25-27-29-31-33-35-39-55-48(54)45(50-47(53)37-38-51-41-43(3)44(4)42-51)40-49-46(52)36-34-32-30-28-26-24-22-20-18-16-14-12-10-8-6-2/h13-16,19-22,43-45H,5-12,17-18,23-42H2,1-4H3,(H,49,52)(H,50,53)/b15-13-,16-14-,21-19-,22-20-/t43-,44+,45?. The van der Waals surface area contributed by atoms with Crippen LogP contribution in [0.3, 0.4) is 0 Å². The van der Waals surface area contributed by atoms with Gasteiger partial charge < -0.3 is 20.3 Å². The zero-order valence-electron chi connectivity index (χ0n) is 36.1. The van der Waals surface area contributed by atoms with Crippen molar-refractivity contribution in [1.29, 1.82) is 0 Å². The summed E-state index contributed by atoms with van der Waals surface area (Å²) in [5.41, 5.74) is 0. The third-order valence-corrected chi connectivity index (χ3v) is 10.8. The molecule has 2 amide bonds. The van der Waals surface area contributed by atoms with Crippen molar-refractivity contribution in [3.8, 4) is 0 Å². The third kappa shape index (κ3) is 31.1. The molecule has 1 aliphatic heterocycles. The first-order valence-corrected chi connectivity index (χ1v) is 22.9. The predicted octanol–water partition coefficient (Wildman–Crippen LogP) is 11.7. The fourth-order valence-electron chi connectivity index (χ4n) is 6.92. The molecule has 1 saturated heterocycles. The van der Waals surface area contributed by atoms with E-state index in [9.17, 15) is 14.4 Å². The van der Waals surface area contributed by atoms with E-state index in [0.717, 1.165) is 77.3 Å². The van der Waals surface area contributed by atoms with E-state index in [1.54, 1.807) is 0 Å². The van der Waals surface area contributed by atoms with Gasteiger partial charge in [0.1, 0.15) is 6.04 Å². The minimum absolute atomic E-state index is 0.0607. The van der Waals surface area contributed by atoms with E-state index in [1.165, 1.54) is 83.5 Å². The molecule has 0 spiro atoms. The number of hydrogen-bond acceptors (Lipinski definition) is 5. The number of ether oxygens (including phenoxy) is 1. The minimum Gasteiger partial charge on any atom is -0.464 e. The van der Waals surface area contributed by atoms with E-state index < -0.39 is 12.0 Å².